The normalized spacial score (nSPS) is 12.0. The number of hydrogen-bond donors (Lipinski definition) is 1. The van der Waals surface area contributed by atoms with Gasteiger partial charge in [0.25, 0.3) is 0 Å². The molecule has 0 spiro atoms. The average molecular weight is 342 g/mol. The fraction of sp³-hybridized carbons (Fsp3) is 0.200. The lowest BCUT2D eigenvalue weighted by atomic mass is 9.86. The smallest absolute Gasteiger partial charge is 0.115 e. The van der Waals surface area contributed by atoms with Gasteiger partial charge in [0.15, 0.2) is 0 Å². The van der Waals surface area contributed by atoms with Crippen molar-refractivity contribution in [1.29, 1.82) is 0 Å². The summed E-state index contributed by atoms with van der Waals surface area (Å²) < 4.78 is 0. The van der Waals surface area contributed by atoms with Gasteiger partial charge in [0.05, 0.1) is 0 Å². The number of hydrogen-bond acceptors (Lipinski definition) is 1. The Morgan fingerprint density at radius 3 is 2.00 bits per heavy atom. The van der Waals surface area contributed by atoms with Crippen LogP contribution in [-0.2, 0) is 0 Å². The van der Waals surface area contributed by atoms with Crippen LogP contribution in [0.1, 0.15) is 47.6 Å². The molecule has 1 N–H and O–H groups in total. The molecule has 0 unspecified atom stereocenters. The van der Waals surface area contributed by atoms with Crippen LogP contribution in [0.25, 0.3) is 11.1 Å². The monoisotopic (exact) mass is 342 g/mol. The zero-order valence-electron chi connectivity index (χ0n) is 15.8. The molecule has 0 aliphatic carbocycles. The molecule has 0 bridgehead atoms. The zero-order valence-corrected chi connectivity index (χ0v) is 15.8. The zero-order chi connectivity index (χ0) is 18.5. The Hall–Kier alpha value is -2.80. The second-order valence-corrected chi connectivity index (χ2v) is 6.82. The number of aromatic hydroxyl groups is 1. The predicted octanol–water partition coefficient (Wildman–Crippen LogP) is 6.77. The SMILES string of the molecule is CCCC(=C(c1ccc(O)cc1)c1ccc(C)c(C)c1)c1ccccc1. The Morgan fingerprint density at radius 1 is 0.731 bits per heavy atom. The van der Waals surface area contributed by atoms with E-state index in [1.807, 2.05) is 12.1 Å². The molecule has 0 aliphatic rings. The molecule has 1 nitrogen and oxygen atoms in total. The van der Waals surface area contributed by atoms with Crippen molar-refractivity contribution in [3.63, 3.8) is 0 Å². The lowest BCUT2D eigenvalue weighted by molar-refractivity contribution is 0.475. The molecule has 0 saturated heterocycles. The third-order valence-corrected chi connectivity index (χ3v) is 4.88. The Kier molecular flexibility index (Phi) is 5.58. The van der Waals surface area contributed by atoms with Crippen molar-refractivity contribution in [2.75, 3.05) is 0 Å². The molecule has 132 valence electrons. The standard InChI is InChI=1S/C25H26O/c1-4-8-24(20-9-6-5-7-10-20)25(21-13-15-23(26)16-14-21)22-12-11-18(2)19(3)17-22/h5-7,9-17,26H,4,8H2,1-3H3. The van der Waals surface area contributed by atoms with Crippen molar-refractivity contribution in [2.45, 2.75) is 33.6 Å². The largest absolute Gasteiger partial charge is 0.508 e. The molecular formula is C25H26O. The molecule has 3 aromatic carbocycles. The average Bonchev–Trinajstić information content (AvgIpc) is 2.66. The van der Waals surface area contributed by atoms with Crippen LogP contribution in [0, 0.1) is 13.8 Å². The summed E-state index contributed by atoms with van der Waals surface area (Å²) in [5.74, 6) is 0.296. The van der Waals surface area contributed by atoms with E-state index in [0.29, 0.717) is 5.75 Å². The van der Waals surface area contributed by atoms with E-state index in [1.165, 1.54) is 33.4 Å². The molecule has 0 amide bonds. The van der Waals surface area contributed by atoms with Crippen LogP contribution in [0.15, 0.2) is 72.8 Å². The van der Waals surface area contributed by atoms with Crippen LogP contribution in [-0.4, -0.2) is 5.11 Å². The van der Waals surface area contributed by atoms with E-state index in [-0.39, 0.29) is 0 Å². The lowest BCUT2D eigenvalue weighted by Gasteiger charge is -2.18. The van der Waals surface area contributed by atoms with Crippen molar-refractivity contribution < 1.29 is 5.11 Å². The highest BCUT2D eigenvalue weighted by Crippen LogP contribution is 2.36. The van der Waals surface area contributed by atoms with E-state index in [2.05, 4.69) is 69.3 Å². The van der Waals surface area contributed by atoms with Gasteiger partial charge in [0.1, 0.15) is 5.75 Å². The van der Waals surface area contributed by atoms with Gasteiger partial charge < -0.3 is 5.11 Å². The van der Waals surface area contributed by atoms with Gasteiger partial charge >= 0.3 is 0 Å². The Bertz CT molecular complexity index is 903. The van der Waals surface area contributed by atoms with Gasteiger partial charge in [-0.3, -0.25) is 0 Å². The second-order valence-electron chi connectivity index (χ2n) is 6.82. The Labute approximate surface area is 156 Å². The highest BCUT2D eigenvalue weighted by molar-refractivity contribution is 5.98. The topological polar surface area (TPSA) is 20.2 Å². The summed E-state index contributed by atoms with van der Waals surface area (Å²) in [4.78, 5) is 0. The first-order valence-electron chi connectivity index (χ1n) is 9.25. The Balaban J connectivity index is 2.30. The lowest BCUT2D eigenvalue weighted by Crippen LogP contribution is -1.97. The highest BCUT2D eigenvalue weighted by atomic mass is 16.3. The first-order chi connectivity index (χ1) is 12.6. The maximum atomic E-state index is 9.73. The molecular weight excluding hydrogens is 316 g/mol. The molecule has 0 saturated carbocycles. The van der Waals surface area contributed by atoms with Gasteiger partial charge in [-0.15, -0.1) is 0 Å². The van der Waals surface area contributed by atoms with Gasteiger partial charge in [-0.2, -0.15) is 0 Å². The molecule has 0 fully saturated rings. The Morgan fingerprint density at radius 2 is 1.38 bits per heavy atom. The van der Waals surface area contributed by atoms with E-state index in [1.54, 1.807) is 12.1 Å². The molecule has 1 heteroatoms. The molecule has 3 aromatic rings. The molecule has 0 atom stereocenters. The summed E-state index contributed by atoms with van der Waals surface area (Å²) in [5, 5.41) is 9.73. The number of benzene rings is 3. The van der Waals surface area contributed by atoms with E-state index in [4.69, 9.17) is 0 Å². The van der Waals surface area contributed by atoms with Gasteiger partial charge in [0.2, 0.25) is 0 Å². The maximum Gasteiger partial charge on any atom is 0.115 e. The third-order valence-electron chi connectivity index (χ3n) is 4.88. The van der Waals surface area contributed by atoms with Crippen molar-refractivity contribution >= 4 is 11.1 Å². The van der Waals surface area contributed by atoms with E-state index < -0.39 is 0 Å². The fourth-order valence-electron chi connectivity index (χ4n) is 3.34. The summed E-state index contributed by atoms with van der Waals surface area (Å²) in [6.07, 6.45) is 2.09. The van der Waals surface area contributed by atoms with Gasteiger partial charge in [0, 0.05) is 0 Å². The molecule has 3 rings (SSSR count). The number of aryl methyl sites for hydroxylation is 2. The summed E-state index contributed by atoms with van der Waals surface area (Å²) in [7, 11) is 0. The van der Waals surface area contributed by atoms with E-state index in [0.717, 1.165) is 18.4 Å². The van der Waals surface area contributed by atoms with Crippen LogP contribution >= 0.6 is 0 Å². The van der Waals surface area contributed by atoms with Crippen molar-refractivity contribution in [1.82, 2.24) is 0 Å². The second kappa shape index (κ2) is 8.05. The summed E-state index contributed by atoms with van der Waals surface area (Å²) >= 11 is 0. The van der Waals surface area contributed by atoms with Gasteiger partial charge in [-0.05, 0) is 71.4 Å². The van der Waals surface area contributed by atoms with Crippen molar-refractivity contribution in [2.24, 2.45) is 0 Å². The quantitative estimate of drug-likeness (QED) is 0.507. The molecule has 0 aliphatic heterocycles. The summed E-state index contributed by atoms with van der Waals surface area (Å²) in [5.41, 5.74) is 8.82. The number of phenolic OH excluding ortho intramolecular Hbond substituents is 1. The van der Waals surface area contributed by atoms with Gasteiger partial charge in [-0.1, -0.05) is 74.0 Å². The van der Waals surface area contributed by atoms with Crippen molar-refractivity contribution in [3.8, 4) is 5.75 Å². The van der Waals surface area contributed by atoms with E-state index in [9.17, 15) is 5.11 Å². The van der Waals surface area contributed by atoms with Crippen LogP contribution in [0.2, 0.25) is 0 Å². The predicted molar refractivity (Wildman–Crippen MR) is 111 cm³/mol. The molecule has 0 heterocycles. The van der Waals surface area contributed by atoms with Crippen LogP contribution < -0.4 is 0 Å². The summed E-state index contributed by atoms with van der Waals surface area (Å²) in [6.45, 7) is 6.53. The van der Waals surface area contributed by atoms with Crippen LogP contribution in [0.5, 0.6) is 5.75 Å². The first kappa shape index (κ1) is 18.0. The first-order valence-corrected chi connectivity index (χ1v) is 9.25. The molecule has 0 aromatic heterocycles. The molecule has 26 heavy (non-hydrogen) atoms. The number of allylic oxidation sites excluding steroid dienone is 1. The minimum atomic E-state index is 0.296. The summed E-state index contributed by atoms with van der Waals surface area (Å²) in [6, 6.07) is 24.9. The fourth-order valence-corrected chi connectivity index (χ4v) is 3.34. The maximum absolute atomic E-state index is 9.73. The van der Waals surface area contributed by atoms with Crippen molar-refractivity contribution in [3.05, 3.63) is 101 Å². The van der Waals surface area contributed by atoms with Crippen LogP contribution in [0.3, 0.4) is 0 Å². The minimum Gasteiger partial charge on any atom is -0.508 e. The minimum absolute atomic E-state index is 0.296. The number of rotatable bonds is 5. The highest BCUT2D eigenvalue weighted by Gasteiger charge is 2.14. The third kappa shape index (κ3) is 3.88. The van der Waals surface area contributed by atoms with E-state index >= 15 is 0 Å². The van der Waals surface area contributed by atoms with Crippen LogP contribution in [0.4, 0.5) is 0 Å². The molecule has 0 radical (unpaired) electrons. The van der Waals surface area contributed by atoms with Gasteiger partial charge in [-0.25, -0.2) is 0 Å². The number of phenols is 1.